The number of nitrogens with two attached hydrogens (primary N) is 1. The SMILES string of the molecule is Cc1cc(-c2ccccc2)c(O)c(-c2ccccc2/C=C/C=C\Cc2ccccc2-c2cc(C)cc(-c3ccccc3)c2O)c1.[CH3-].[CH3-].[Hf].[NH2-]. The van der Waals surface area contributed by atoms with Gasteiger partial charge in [-0.05, 0) is 89.0 Å². The quantitative estimate of drug-likeness (QED) is 0.0913. The molecule has 0 unspecified atom stereocenters. The normalized spacial score (nSPS) is 10.5. The van der Waals surface area contributed by atoms with Crippen LogP contribution in [0.2, 0.25) is 0 Å². The largest absolute Gasteiger partial charge is 0.693 e. The van der Waals surface area contributed by atoms with Crippen molar-refractivity contribution < 1.29 is 36.1 Å². The van der Waals surface area contributed by atoms with E-state index >= 15 is 0 Å². The summed E-state index contributed by atoms with van der Waals surface area (Å²) in [5.74, 6) is 0.587. The van der Waals surface area contributed by atoms with Crippen LogP contribution in [-0.4, -0.2) is 10.2 Å². The third-order valence-electron chi connectivity index (χ3n) is 8.10. The Morgan fingerprint density at radius 2 is 0.918 bits per heavy atom. The van der Waals surface area contributed by atoms with E-state index in [1.165, 1.54) is 0 Å². The summed E-state index contributed by atoms with van der Waals surface area (Å²) in [6, 6.07) is 44.6. The first-order chi connectivity index (χ1) is 22.0. The molecule has 0 atom stereocenters. The van der Waals surface area contributed by atoms with E-state index in [0.29, 0.717) is 5.75 Å². The molecule has 0 spiro atoms. The third-order valence-corrected chi connectivity index (χ3v) is 8.10. The average Bonchev–Trinajstić information content (AvgIpc) is 3.07. The molecular formula is C45H44HfNO2-3. The second-order valence-electron chi connectivity index (χ2n) is 11.4. The monoisotopic (exact) mass is 810 g/mol. The minimum Gasteiger partial charge on any atom is -0.693 e. The molecule has 3 nitrogen and oxygen atoms in total. The van der Waals surface area contributed by atoms with Crippen molar-refractivity contribution in [2.75, 3.05) is 0 Å². The van der Waals surface area contributed by atoms with Crippen molar-refractivity contribution in [2.24, 2.45) is 0 Å². The summed E-state index contributed by atoms with van der Waals surface area (Å²) >= 11 is 0. The van der Waals surface area contributed by atoms with Crippen molar-refractivity contribution >= 4 is 6.08 Å². The summed E-state index contributed by atoms with van der Waals surface area (Å²) in [6.07, 6.45) is 9.05. The first kappa shape index (κ1) is 40.4. The van der Waals surface area contributed by atoms with Gasteiger partial charge in [-0.25, -0.2) is 0 Å². The van der Waals surface area contributed by atoms with Crippen LogP contribution in [-0.2, 0) is 32.3 Å². The maximum absolute atomic E-state index is 11.4. The molecule has 0 aliphatic heterocycles. The zero-order valence-corrected chi connectivity index (χ0v) is 32.3. The molecule has 49 heavy (non-hydrogen) atoms. The van der Waals surface area contributed by atoms with Crippen LogP contribution >= 0.6 is 0 Å². The average molecular weight is 809 g/mol. The standard InChI is InChI=1S/C43H36O2.2CH3.Hf.H2N/c1-30-26-38(34-18-8-4-9-19-34)42(44)40(28-30)36-24-14-12-22-32(36)16-6-3-7-17-33-23-13-15-25-37(33)41-29-31(2)27-39(43(41)45)35-20-10-5-11-21-35;;;;/h3-16,18-29,44-45H,17H2,1-2H3;2*1H3;;1H2/q;2*-1;;-1/b7-3-,16-6+;;;;. The van der Waals surface area contributed by atoms with Gasteiger partial charge in [0.2, 0.25) is 0 Å². The molecule has 0 fully saturated rings. The zero-order valence-electron chi connectivity index (χ0n) is 28.7. The van der Waals surface area contributed by atoms with Gasteiger partial charge in [-0.15, -0.1) is 0 Å². The Morgan fingerprint density at radius 3 is 1.47 bits per heavy atom. The fraction of sp³-hybridized carbons (Fsp3) is 0.0667. The van der Waals surface area contributed by atoms with Gasteiger partial charge in [-0.1, -0.05) is 133 Å². The number of hydrogen-bond acceptors (Lipinski definition) is 2. The van der Waals surface area contributed by atoms with Crippen LogP contribution < -0.4 is 0 Å². The molecule has 248 valence electrons. The Kier molecular flexibility index (Phi) is 15.4. The molecular weight excluding hydrogens is 765 g/mol. The zero-order chi connectivity index (χ0) is 31.2. The molecule has 4 heteroatoms. The van der Waals surface area contributed by atoms with E-state index in [1.54, 1.807) is 0 Å². The Bertz CT molecular complexity index is 2010. The second kappa shape index (κ2) is 18.7. The van der Waals surface area contributed by atoms with Crippen LogP contribution in [0.25, 0.3) is 56.7 Å². The van der Waals surface area contributed by atoms with E-state index in [9.17, 15) is 10.2 Å². The number of phenolic OH excluding ortho intramolecular Hbond substituents is 2. The molecule has 0 saturated carbocycles. The predicted octanol–water partition coefficient (Wildman–Crippen LogP) is 12.8. The molecule has 0 radical (unpaired) electrons. The number of rotatable bonds is 8. The number of aryl methyl sites for hydroxylation is 2. The molecule has 0 saturated heterocycles. The van der Waals surface area contributed by atoms with Crippen molar-refractivity contribution in [3.63, 3.8) is 0 Å². The first-order valence-electron chi connectivity index (χ1n) is 15.3. The van der Waals surface area contributed by atoms with Crippen molar-refractivity contribution in [1.82, 2.24) is 0 Å². The van der Waals surface area contributed by atoms with Crippen LogP contribution in [0.3, 0.4) is 0 Å². The molecule has 0 amide bonds. The number of aromatic hydroxyl groups is 2. The minimum absolute atomic E-state index is 0. The Hall–Kier alpha value is -4.77. The van der Waals surface area contributed by atoms with E-state index < -0.39 is 0 Å². The van der Waals surface area contributed by atoms with Gasteiger partial charge in [0.25, 0.3) is 0 Å². The molecule has 0 bridgehead atoms. The molecule has 0 aliphatic rings. The molecule has 4 N–H and O–H groups in total. The van der Waals surface area contributed by atoms with E-state index in [2.05, 4.69) is 62.4 Å². The summed E-state index contributed by atoms with van der Waals surface area (Å²) < 4.78 is 0. The predicted molar refractivity (Wildman–Crippen MR) is 207 cm³/mol. The van der Waals surface area contributed by atoms with Gasteiger partial charge in [0.15, 0.2) is 0 Å². The van der Waals surface area contributed by atoms with Gasteiger partial charge in [-0.2, -0.15) is 0 Å². The molecule has 0 aromatic heterocycles. The van der Waals surface area contributed by atoms with Gasteiger partial charge in [0, 0.05) is 48.1 Å². The summed E-state index contributed by atoms with van der Waals surface area (Å²) in [4.78, 5) is 0. The van der Waals surface area contributed by atoms with Crippen molar-refractivity contribution in [2.45, 2.75) is 20.3 Å². The molecule has 6 aromatic carbocycles. The van der Waals surface area contributed by atoms with Crippen LogP contribution in [0, 0.1) is 28.7 Å². The smallest absolute Gasteiger partial charge is 0.131 e. The molecule has 6 aromatic rings. The van der Waals surface area contributed by atoms with Gasteiger partial charge in [0.1, 0.15) is 11.5 Å². The summed E-state index contributed by atoms with van der Waals surface area (Å²) in [5.41, 5.74) is 11.7. The molecule has 6 rings (SSSR count). The first-order valence-corrected chi connectivity index (χ1v) is 15.3. The van der Waals surface area contributed by atoms with Crippen molar-refractivity contribution in [3.05, 3.63) is 195 Å². The Balaban J connectivity index is 0.00000208. The number of phenols is 2. The third kappa shape index (κ3) is 9.23. The maximum atomic E-state index is 11.4. The van der Waals surface area contributed by atoms with Crippen LogP contribution in [0.15, 0.2) is 152 Å². The van der Waals surface area contributed by atoms with E-state index in [1.807, 2.05) is 109 Å². The number of allylic oxidation sites excluding steroid dienone is 3. The molecule has 0 aliphatic carbocycles. The summed E-state index contributed by atoms with van der Waals surface area (Å²) in [5, 5.41) is 22.7. The topological polar surface area (TPSA) is 74.0 Å². The summed E-state index contributed by atoms with van der Waals surface area (Å²) in [6.45, 7) is 4.13. The Labute approximate surface area is 311 Å². The van der Waals surface area contributed by atoms with E-state index in [0.717, 1.165) is 73.2 Å². The second-order valence-corrected chi connectivity index (χ2v) is 11.4. The van der Waals surface area contributed by atoms with Crippen molar-refractivity contribution in [1.29, 1.82) is 0 Å². The summed E-state index contributed by atoms with van der Waals surface area (Å²) in [7, 11) is 0. The Morgan fingerprint density at radius 1 is 0.490 bits per heavy atom. The van der Waals surface area contributed by atoms with E-state index in [-0.39, 0.29) is 52.6 Å². The van der Waals surface area contributed by atoms with Gasteiger partial charge >= 0.3 is 0 Å². The number of benzene rings is 6. The van der Waals surface area contributed by atoms with Gasteiger partial charge in [0.05, 0.1) is 0 Å². The number of hydrogen-bond donors (Lipinski definition) is 2. The van der Waals surface area contributed by atoms with Gasteiger partial charge in [-0.3, -0.25) is 0 Å². The fourth-order valence-corrected chi connectivity index (χ4v) is 5.93. The molecule has 0 heterocycles. The minimum atomic E-state index is 0. The van der Waals surface area contributed by atoms with Crippen LogP contribution in [0.4, 0.5) is 0 Å². The van der Waals surface area contributed by atoms with Crippen LogP contribution in [0.5, 0.6) is 11.5 Å². The fourth-order valence-electron chi connectivity index (χ4n) is 5.93. The van der Waals surface area contributed by atoms with Crippen LogP contribution in [0.1, 0.15) is 22.3 Å². The van der Waals surface area contributed by atoms with E-state index in [4.69, 9.17) is 0 Å². The maximum Gasteiger partial charge on any atom is 0.131 e. The van der Waals surface area contributed by atoms with Crippen molar-refractivity contribution in [3.8, 4) is 56.0 Å². The van der Waals surface area contributed by atoms with Gasteiger partial charge < -0.3 is 31.2 Å².